The van der Waals surface area contributed by atoms with Crippen molar-refractivity contribution in [2.45, 2.75) is 13.8 Å². The van der Waals surface area contributed by atoms with Crippen molar-refractivity contribution < 1.29 is 9.18 Å². The molecule has 0 saturated heterocycles. The lowest BCUT2D eigenvalue weighted by Crippen LogP contribution is -2.13. The normalized spacial score (nSPS) is 10.3. The molecule has 3 N–H and O–H groups in total. The van der Waals surface area contributed by atoms with Crippen molar-refractivity contribution in [3.05, 3.63) is 58.9 Å². The number of halogens is 1. The van der Waals surface area contributed by atoms with Gasteiger partial charge in [0.15, 0.2) is 0 Å². The minimum absolute atomic E-state index is 0.275. The number of carbonyl (C=O) groups excluding carboxylic acids is 1. The number of benzene rings is 2. The number of nitrogen functional groups attached to an aromatic ring is 1. The lowest BCUT2D eigenvalue weighted by Gasteiger charge is -2.09. The van der Waals surface area contributed by atoms with Crippen molar-refractivity contribution in [1.29, 1.82) is 0 Å². The van der Waals surface area contributed by atoms with Gasteiger partial charge in [-0.2, -0.15) is 0 Å². The molecule has 0 aromatic heterocycles. The largest absolute Gasteiger partial charge is 0.399 e. The van der Waals surface area contributed by atoms with Crippen LogP contribution in [0, 0.1) is 19.7 Å². The molecule has 0 aliphatic heterocycles. The molecule has 1 amide bonds. The summed E-state index contributed by atoms with van der Waals surface area (Å²) in [7, 11) is 0. The van der Waals surface area contributed by atoms with Crippen LogP contribution in [0.25, 0.3) is 0 Å². The first-order valence-electron chi connectivity index (χ1n) is 5.90. The average molecular weight is 258 g/mol. The third kappa shape index (κ3) is 3.10. The number of nitrogens with two attached hydrogens (primary N) is 1. The Labute approximate surface area is 111 Å². The van der Waals surface area contributed by atoms with E-state index in [1.165, 1.54) is 12.1 Å². The van der Waals surface area contributed by atoms with E-state index in [0.29, 0.717) is 16.9 Å². The maximum atomic E-state index is 13.2. The van der Waals surface area contributed by atoms with E-state index in [2.05, 4.69) is 5.32 Å². The standard InChI is InChI=1S/C15H15FN2O/c1-9-5-11(16)8-13(6-9)18-15(19)14-4-3-12(17)7-10(14)2/h3-8H,17H2,1-2H3,(H,18,19). The Bertz CT molecular complexity index is 618. The van der Waals surface area contributed by atoms with Gasteiger partial charge in [0, 0.05) is 16.9 Å². The third-order valence-corrected chi connectivity index (χ3v) is 2.80. The first-order chi connectivity index (χ1) is 8.95. The van der Waals surface area contributed by atoms with Gasteiger partial charge in [0.25, 0.3) is 5.91 Å². The molecule has 2 rings (SSSR count). The average Bonchev–Trinajstić information content (AvgIpc) is 2.26. The monoisotopic (exact) mass is 258 g/mol. The summed E-state index contributed by atoms with van der Waals surface area (Å²) in [6.45, 7) is 3.58. The molecule has 0 aliphatic carbocycles. The highest BCUT2D eigenvalue weighted by Crippen LogP contribution is 2.17. The summed E-state index contributed by atoms with van der Waals surface area (Å²) in [5, 5.41) is 2.68. The van der Waals surface area contributed by atoms with Crippen LogP contribution in [0.1, 0.15) is 21.5 Å². The van der Waals surface area contributed by atoms with Crippen LogP contribution >= 0.6 is 0 Å². The topological polar surface area (TPSA) is 55.1 Å². The first kappa shape index (κ1) is 13.1. The molecule has 0 radical (unpaired) electrons. The number of amides is 1. The van der Waals surface area contributed by atoms with E-state index in [0.717, 1.165) is 11.1 Å². The van der Waals surface area contributed by atoms with Gasteiger partial charge in [0.05, 0.1) is 0 Å². The summed E-state index contributed by atoms with van der Waals surface area (Å²) in [6, 6.07) is 9.46. The fourth-order valence-electron chi connectivity index (χ4n) is 1.95. The fourth-order valence-corrected chi connectivity index (χ4v) is 1.95. The van der Waals surface area contributed by atoms with Crippen LogP contribution < -0.4 is 11.1 Å². The fraction of sp³-hybridized carbons (Fsp3) is 0.133. The van der Waals surface area contributed by atoms with E-state index in [1.807, 2.05) is 6.92 Å². The van der Waals surface area contributed by atoms with Crippen LogP contribution in [0.4, 0.5) is 15.8 Å². The predicted molar refractivity (Wildman–Crippen MR) is 74.7 cm³/mol. The van der Waals surface area contributed by atoms with Crippen LogP contribution in [-0.2, 0) is 0 Å². The number of hydrogen-bond acceptors (Lipinski definition) is 2. The van der Waals surface area contributed by atoms with Crippen molar-refractivity contribution >= 4 is 17.3 Å². The van der Waals surface area contributed by atoms with Crippen molar-refractivity contribution in [3.63, 3.8) is 0 Å². The second-order valence-electron chi connectivity index (χ2n) is 4.55. The quantitative estimate of drug-likeness (QED) is 0.812. The molecule has 0 atom stereocenters. The van der Waals surface area contributed by atoms with E-state index in [-0.39, 0.29) is 11.7 Å². The Morgan fingerprint density at radius 3 is 2.53 bits per heavy atom. The van der Waals surface area contributed by atoms with Crippen LogP contribution in [0.15, 0.2) is 36.4 Å². The molecular weight excluding hydrogens is 243 g/mol. The molecule has 0 heterocycles. The molecule has 3 nitrogen and oxygen atoms in total. The van der Waals surface area contributed by atoms with E-state index < -0.39 is 0 Å². The SMILES string of the molecule is Cc1cc(F)cc(NC(=O)c2ccc(N)cc2C)c1. The van der Waals surface area contributed by atoms with Gasteiger partial charge >= 0.3 is 0 Å². The maximum absolute atomic E-state index is 13.2. The molecule has 0 saturated carbocycles. The Hall–Kier alpha value is -2.36. The van der Waals surface area contributed by atoms with Gasteiger partial charge in [-0.1, -0.05) is 0 Å². The van der Waals surface area contributed by atoms with Gasteiger partial charge in [-0.3, -0.25) is 4.79 Å². The predicted octanol–water partition coefficient (Wildman–Crippen LogP) is 3.28. The minimum atomic E-state index is -0.371. The molecule has 98 valence electrons. The van der Waals surface area contributed by atoms with Gasteiger partial charge in [0.2, 0.25) is 0 Å². The summed E-state index contributed by atoms with van der Waals surface area (Å²) in [6.07, 6.45) is 0. The molecule has 19 heavy (non-hydrogen) atoms. The highest BCUT2D eigenvalue weighted by Gasteiger charge is 2.10. The molecule has 2 aromatic rings. The zero-order valence-corrected chi connectivity index (χ0v) is 10.8. The minimum Gasteiger partial charge on any atom is -0.399 e. The number of carbonyl (C=O) groups is 1. The molecular formula is C15H15FN2O. The summed E-state index contributed by atoms with van der Waals surface area (Å²) in [5.41, 5.74) is 8.75. The number of nitrogens with one attached hydrogen (secondary N) is 1. The summed E-state index contributed by atoms with van der Waals surface area (Å²) >= 11 is 0. The van der Waals surface area contributed by atoms with Crippen LogP contribution in [0.5, 0.6) is 0 Å². The second-order valence-corrected chi connectivity index (χ2v) is 4.55. The molecule has 2 aromatic carbocycles. The van der Waals surface area contributed by atoms with E-state index in [1.54, 1.807) is 31.2 Å². The molecule has 0 fully saturated rings. The van der Waals surface area contributed by atoms with Crippen LogP contribution in [0.2, 0.25) is 0 Å². The summed E-state index contributed by atoms with van der Waals surface area (Å²) in [5.74, 6) is -0.646. The van der Waals surface area contributed by atoms with Gasteiger partial charge in [-0.15, -0.1) is 0 Å². The number of hydrogen-bond donors (Lipinski definition) is 2. The van der Waals surface area contributed by atoms with Gasteiger partial charge in [-0.05, 0) is 61.4 Å². The van der Waals surface area contributed by atoms with E-state index in [4.69, 9.17) is 5.73 Å². The number of aryl methyl sites for hydroxylation is 2. The van der Waals surface area contributed by atoms with Crippen molar-refractivity contribution in [3.8, 4) is 0 Å². The molecule has 0 bridgehead atoms. The highest BCUT2D eigenvalue weighted by molar-refractivity contribution is 6.05. The Morgan fingerprint density at radius 1 is 1.16 bits per heavy atom. The molecule has 0 unspecified atom stereocenters. The molecule has 0 aliphatic rings. The number of rotatable bonds is 2. The summed E-state index contributed by atoms with van der Waals surface area (Å²) in [4.78, 5) is 12.1. The van der Waals surface area contributed by atoms with Crippen molar-refractivity contribution in [2.75, 3.05) is 11.1 Å². The van der Waals surface area contributed by atoms with Crippen LogP contribution in [-0.4, -0.2) is 5.91 Å². The lowest BCUT2D eigenvalue weighted by atomic mass is 10.1. The molecule has 4 heteroatoms. The van der Waals surface area contributed by atoms with Crippen molar-refractivity contribution in [1.82, 2.24) is 0 Å². The maximum Gasteiger partial charge on any atom is 0.255 e. The van der Waals surface area contributed by atoms with Crippen LogP contribution in [0.3, 0.4) is 0 Å². The number of anilines is 2. The highest BCUT2D eigenvalue weighted by atomic mass is 19.1. The zero-order chi connectivity index (χ0) is 14.0. The van der Waals surface area contributed by atoms with Crippen molar-refractivity contribution in [2.24, 2.45) is 0 Å². The van der Waals surface area contributed by atoms with Gasteiger partial charge < -0.3 is 11.1 Å². The van der Waals surface area contributed by atoms with E-state index >= 15 is 0 Å². The summed E-state index contributed by atoms with van der Waals surface area (Å²) < 4.78 is 13.2. The van der Waals surface area contributed by atoms with Gasteiger partial charge in [0.1, 0.15) is 5.82 Å². The molecule has 0 spiro atoms. The third-order valence-electron chi connectivity index (χ3n) is 2.80. The lowest BCUT2D eigenvalue weighted by molar-refractivity contribution is 0.102. The van der Waals surface area contributed by atoms with E-state index in [9.17, 15) is 9.18 Å². The smallest absolute Gasteiger partial charge is 0.255 e. The second kappa shape index (κ2) is 5.10. The zero-order valence-electron chi connectivity index (χ0n) is 10.8. The Balaban J connectivity index is 2.25. The van der Waals surface area contributed by atoms with Gasteiger partial charge in [-0.25, -0.2) is 4.39 Å². The first-order valence-corrected chi connectivity index (χ1v) is 5.90. The Morgan fingerprint density at radius 2 is 1.89 bits per heavy atom. The Kier molecular flexibility index (Phi) is 3.51.